The second-order valence-electron chi connectivity index (χ2n) is 5.42. The minimum Gasteiger partial charge on any atom is -0.398 e. The molecule has 0 bridgehead atoms. The van der Waals surface area contributed by atoms with E-state index in [1.807, 2.05) is 25.1 Å². The number of nitrogens with two attached hydrogens (primary N) is 1. The number of aromatic amines is 1. The van der Waals surface area contributed by atoms with Gasteiger partial charge in [0.1, 0.15) is 5.82 Å². The number of hydrogen-bond donors (Lipinski definition) is 2. The fourth-order valence-corrected chi connectivity index (χ4v) is 2.94. The van der Waals surface area contributed by atoms with E-state index in [9.17, 15) is 0 Å². The summed E-state index contributed by atoms with van der Waals surface area (Å²) in [5.74, 6) is 2.30. The van der Waals surface area contributed by atoms with Gasteiger partial charge in [-0.2, -0.15) is 5.10 Å². The molecule has 0 spiro atoms. The Bertz CT molecular complexity index is 547. The van der Waals surface area contributed by atoms with Gasteiger partial charge >= 0.3 is 0 Å². The molecule has 4 nitrogen and oxygen atoms in total. The van der Waals surface area contributed by atoms with Gasteiger partial charge in [-0.1, -0.05) is 31.4 Å². The molecule has 0 aliphatic heterocycles. The summed E-state index contributed by atoms with van der Waals surface area (Å²) in [4.78, 5) is 4.68. The molecule has 1 aromatic heterocycles. The van der Waals surface area contributed by atoms with E-state index in [0.717, 1.165) is 28.5 Å². The summed E-state index contributed by atoms with van der Waals surface area (Å²) in [6, 6.07) is 5.91. The molecule has 0 saturated heterocycles. The van der Waals surface area contributed by atoms with Gasteiger partial charge in [-0.25, -0.2) is 4.98 Å². The van der Waals surface area contributed by atoms with Gasteiger partial charge in [0.25, 0.3) is 0 Å². The molecule has 0 atom stereocenters. The van der Waals surface area contributed by atoms with E-state index in [4.69, 9.17) is 5.73 Å². The van der Waals surface area contributed by atoms with E-state index in [1.165, 1.54) is 32.1 Å². The Morgan fingerprint density at radius 1 is 1.21 bits per heavy atom. The maximum Gasteiger partial charge on any atom is 0.183 e. The third kappa shape index (κ3) is 2.35. The number of nitrogens with one attached hydrogen (secondary N) is 1. The van der Waals surface area contributed by atoms with Crippen molar-refractivity contribution in [2.24, 2.45) is 0 Å². The highest BCUT2D eigenvalue weighted by molar-refractivity contribution is 5.74. The zero-order valence-corrected chi connectivity index (χ0v) is 11.3. The first kappa shape index (κ1) is 12.2. The molecule has 1 aromatic carbocycles. The number of benzene rings is 1. The van der Waals surface area contributed by atoms with Gasteiger partial charge in [-0.3, -0.25) is 5.10 Å². The highest BCUT2D eigenvalue weighted by Crippen LogP contribution is 2.32. The number of aryl methyl sites for hydroxylation is 1. The second kappa shape index (κ2) is 5.03. The number of nitrogen functional groups attached to an aromatic ring is 1. The van der Waals surface area contributed by atoms with Crippen molar-refractivity contribution in [3.05, 3.63) is 29.6 Å². The van der Waals surface area contributed by atoms with Crippen LogP contribution >= 0.6 is 0 Å². The van der Waals surface area contributed by atoms with Crippen LogP contribution in [0.3, 0.4) is 0 Å². The smallest absolute Gasteiger partial charge is 0.183 e. The Morgan fingerprint density at radius 2 is 2.00 bits per heavy atom. The van der Waals surface area contributed by atoms with Crippen molar-refractivity contribution in [2.75, 3.05) is 5.73 Å². The van der Waals surface area contributed by atoms with Crippen molar-refractivity contribution in [2.45, 2.75) is 44.9 Å². The number of rotatable bonds is 2. The molecule has 19 heavy (non-hydrogen) atoms. The van der Waals surface area contributed by atoms with Crippen LogP contribution in [0, 0.1) is 6.92 Å². The SMILES string of the molecule is Cc1cccc(N)c1-c1n[nH]c(C2CCCCC2)n1. The molecule has 0 unspecified atom stereocenters. The Hall–Kier alpha value is -1.84. The summed E-state index contributed by atoms with van der Waals surface area (Å²) in [6.07, 6.45) is 6.39. The first-order valence-electron chi connectivity index (χ1n) is 7.03. The van der Waals surface area contributed by atoms with Gasteiger partial charge in [-0.05, 0) is 31.4 Å². The third-order valence-corrected chi connectivity index (χ3v) is 4.02. The van der Waals surface area contributed by atoms with Crippen LogP contribution in [0.2, 0.25) is 0 Å². The van der Waals surface area contributed by atoms with Crippen LogP contribution in [0.4, 0.5) is 5.69 Å². The monoisotopic (exact) mass is 256 g/mol. The molecule has 2 aromatic rings. The van der Waals surface area contributed by atoms with Crippen LogP contribution in [-0.2, 0) is 0 Å². The van der Waals surface area contributed by atoms with Crippen LogP contribution in [0.25, 0.3) is 11.4 Å². The van der Waals surface area contributed by atoms with Crippen molar-refractivity contribution in [1.29, 1.82) is 0 Å². The molecule has 4 heteroatoms. The lowest BCUT2D eigenvalue weighted by Gasteiger charge is -2.18. The predicted octanol–water partition coefficient (Wildman–Crippen LogP) is 3.41. The quantitative estimate of drug-likeness (QED) is 0.809. The van der Waals surface area contributed by atoms with E-state index in [0.29, 0.717) is 5.92 Å². The Labute approximate surface area is 113 Å². The topological polar surface area (TPSA) is 67.6 Å². The fourth-order valence-electron chi connectivity index (χ4n) is 2.94. The summed E-state index contributed by atoms with van der Waals surface area (Å²) < 4.78 is 0. The first-order chi connectivity index (χ1) is 9.25. The Balaban J connectivity index is 1.92. The lowest BCUT2D eigenvalue weighted by molar-refractivity contribution is 0.429. The van der Waals surface area contributed by atoms with Crippen molar-refractivity contribution in [3.63, 3.8) is 0 Å². The van der Waals surface area contributed by atoms with Crippen molar-refractivity contribution >= 4 is 5.69 Å². The van der Waals surface area contributed by atoms with Gasteiger partial charge < -0.3 is 5.73 Å². The minimum absolute atomic E-state index is 0.542. The molecule has 1 saturated carbocycles. The average molecular weight is 256 g/mol. The maximum absolute atomic E-state index is 6.05. The normalized spacial score (nSPS) is 16.7. The summed E-state index contributed by atoms with van der Waals surface area (Å²) in [5.41, 5.74) is 8.87. The molecule has 3 N–H and O–H groups in total. The summed E-state index contributed by atoms with van der Waals surface area (Å²) in [5, 5.41) is 7.48. The highest BCUT2D eigenvalue weighted by Gasteiger charge is 2.20. The van der Waals surface area contributed by atoms with Crippen molar-refractivity contribution in [3.8, 4) is 11.4 Å². The van der Waals surface area contributed by atoms with Gasteiger partial charge in [0.05, 0.1) is 0 Å². The van der Waals surface area contributed by atoms with E-state index in [1.54, 1.807) is 0 Å². The molecule has 1 heterocycles. The molecule has 1 aliphatic carbocycles. The van der Waals surface area contributed by atoms with Crippen molar-refractivity contribution < 1.29 is 0 Å². The van der Waals surface area contributed by atoms with Crippen LogP contribution in [0.1, 0.15) is 49.4 Å². The molecule has 3 rings (SSSR count). The molecular formula is C15H20N4. The Kier molecular flexibility index (Phi) is 3.23. The van der Waals surface area contributed by atoms with Crippen LogP contribution in [0.15, 0.2) is 18.2 Å². The highest BCUT2D eigenvalue weighted by atomic mass is 15.2. The molecule has 100 valence electrons. The molecule has 1 fully saturated rings. The number of aromatic nitrogens is 3. The Morgan fingerprint density at radius 3 is 2.74 bits per heavy atom. The molecule has 1 aliphatic rings. The standard InChI is InChI=1S/C15H20N4/c1-10-6-5-9-12(16)13(10)15-17-14(18-19-15)11-7-3-2-4-8-11/h5-6,9,11H,2-4,7-8,16H2,1H3,(H,17,18,19). The molecule has 0 amide bonds. The lowest BCUT2D eigenvalue weighted by atomic mass is 9.89. The van der Waals surface area contributed by atoms with Gasteiger partial charge in [0.15, 0.2) is 5.82 Å². The van der Waals surface area contributed by atoms with Gasteiger partial charge in [-0.15, -0.1) is 0 Å². The number of H-pyrrole nitrogens is 1. The van der Waals surface area contributed by atoms with E-state index in [2.05, 4.69) is 15.2 Å². The van der Waals surface area contributed by atoms with Gasteiger partial charge in [0.2, 0.25) is 0 Å². The van der Waals surface area contributed by atoms with Gasteiger partial charge in [0, 0.05) is 17.2 Å². The van der Waals surface area contributed by atoms with Crippen LogP contribution < -0.4 is 5.73 Å². The van der Waals surface area contributed by atoms with Crippen molar-refractivity contribution in [1.82, 2.24) is 15.2 Å². The fraction of sp³-hybridized carbons (Fsp3) is 0.467. The minimum atomic E-state index is 0.542. The first-order valence-corrected chi connectivity index (χ1v) is 7.03. The number of hydrogen-bond acceptors (Lipinski definition) is 3. The zero-order valence-electron chi connectivity index (χ0n) is 11.3. The summed E-state index contributed by atoms with van der Waals surface area (Å²) in [6.45, 7) is 2.04. The number of nitrogens with zero attached hydrogens (tertiary/aromatic N) is 2. The zero-order chi connectivity index (χ0) is 13.2. The second-order valence-corrected chi connectivity index (χ2v) is 5.42. The van der Waals surface area contributed by atoms with E-state index >= 15 is 0 Å². The average Bonchev–Trinajstić information content (AvgIpc) is 2.89. The maximum atomic E-state index is 6.05. The third-order valence-electron chi connectivity index (χ3n) is 4.02. The molecule has 0 radical (unpaired) electrons. The number of anilines is 1. The van der Waals surface area contributed by atoms with E-state index < -0.39 is 0 Å². The predicted molar refractivity (Wildman–Crippen MR) is 76.8 cm³/mol. The summed E-state index contributed by atoms with van der Waals surface area (Å²) in [7, 11) is 0. The largest absolute Gasteiger partial charge is 0.398 e. The molecular weight excluding hydrogens is 236 g/mol. The van der Waals surface area contributed by atoms with Crippen LogP contribution in [0.5, 0.6) is 0 Å². The summed E-state index contributed by atoms with van der Waals surface area (Å²) >= 11 is 0. The van der Waals surface area contributed by atoms with Crippen LogP contribution in [-0.4, -0.2) is 15.2 Å². The lowest BCUT2D eigenvalue weighted by Crippen LogP contribution is -2.06. The van der Waals surface area contributed by atoms with E-state index in [-0.39, 0.29) is 0 Å².